The Bertz CT molecular complexity index is 294. The highest BCUT2D eigenvalue weighted by Gasteiger charge is 2.21. The number of nitrogens with zero attached hydrogens (tertiary/aromatic N) is 3. The van der Waals surface area contributed by atoms with E-state index in [9.17, 15) is 0 Å². The molecule has 0 amide bonds. The van der Waals surface area contributed by atoms with Crippen molar-refractivity contribution in [2.75, 3.05) is 39.8 Å². The number of guanidine groups is 1. The summed E-state index contributed by atoms with van der Waals surface area (Å²) in [5.74, 6) is 2.00. The van der Waals surface area contributed by atoms with Crippen molar-refractivity contribution in [1.29, 1.82) is 0 Å². The average Bonchev–Trinajstić information content (AvgIpc) is 2.94. The van der Waals surface area contributed by atoms with Crippen LogP contribution < -0.4 is 5.32 Å². The molecule has 1 atom stereocenters. The minimum absolute atomic E-state index is 0. The molecule has 4 nitrogen and oxygen atoms in total. The molecule has 2 saturated heterocycles. The van der Waals surface area contributed by atoms with Gasteiger partial charge in [0.05, 0.1) is 0 Å². The zero-order valence-corrected chi connectivity index (χ0v) is 15.6. The molecule has 5 heteroatoms. The number of halogens is 1. The lowest BCUT2D eigenvalue weighted by Gasteiger charge is -2.35. The molecule has 0 aromatic carbocycles. The summed E-state index contributed by atoms with van der Waals surface area (Å²) >= 11 is 0. The van der Waals surface area contributed by atoms with Crippen molar-refractivity contribution in [3.8, 4) is 0 Å². The summed E-state index contributed by atoms with van der Waals surface area (Å²) in [4.78, 5) is 9.41. The molecule has 2 aliphatic heterocycles. The van der Waals surface area contributed by atoms with Crippen molar-refractivity contribution in [3.05, 3.63) is 0 Å². The number of nitrogens with one attached hydrogen (secondary N) is 1. The number of hydrogen-bond acceptors (Lipinski definition) is 2. The maximum absolute atomic E-state index is 4.41. The first kappa shape index (κ1) is 18.0. The van der Waals surface area contributed by atoms with Crippen molar-refractivity contribution >= 4 is 29.9 Å². The van der Waals surface area contributed by atoms with Gasteiger partial charge < -0.3 is 10.2 Å². The van der Waals surface area contributed by atoms with Crippen LogP contribution >= 0.6 is 24.0 Å². The van der Waals surface area contributed by atoms with E-state index in [1.165, 1.54) is 38.8 Å². The zero-order valence-electron chi connectivity index (χ0n) is 13.3. The quantitative estimate of drug-likeness (QED) is 0.453. The first-order valence-corrected chi connectivity index (χ1v) is 7.90. The number of piperidine rings is 1. The molecular formula is C15H31IN4. The molecule has 2 aliphatic rings. The van der Waals surface area contributed by atoms with Gasteiger partial charge in [-0.25, -0.2) is 0 Å². The van der Waals surface area contributed by atoms with Gasteiger partial charge in [0.15, 0.2) is 5.96 Å². The van der Waals surface area contributed by atoms with Crippen LogP contribution in [0.4, 0.5) is 0 Å². The van der Waals surface area contributed by atoms with Crippen LogP contribution in [0.5, 0.6) is 0 Å². The van der Waals surface area contributed by atoms with Crippen LogP contribution in [0.1, 0.15) is 39.5 Å². The molecule has 0 spiro atoms. The van der Waals surface area contributed by atoms with Gasteiger partial charge in [-0.2, -0.15) is 0 Å². The van der Waals surface area contributed by atoms with Crippen LogP contribution in [0.15, 0.2) is 4.99 Å². The molecule has 0 aromatic rings. The third-order valence-corrected chi connectivity index (χ3v) is 4.61. The van der Waals surface area contributed by atoms with Crippen molar-refractivity contribution in [2.45, 2.75) is 45.6 Å². The normalized spacial score (nSPS) is 23.6. The van der Waals surface area contributed by atoms with Gasteiger partial charge in [-0.1, -0.05) is 6.92 Å². The predicted molar refractivity (Wildman–Crippen MR) is 97.0 cm³/mol. The molecule has 0 aliphatic carbocycles. The first-order chi connectivity index (χ1) is 9.20. The lowest BCUT2D eigenvalue weighted by atomic mass is 9.98. The van der Waals surface area contributed by atoms with Gasteiger partial charge in [-0.3, -0.25) is 9.89 Å². The third-order valence-electron chi connectivity index (χ3n) is 4.61. The number of hydrogen-bond donors (Lipinski definition) is 1. The molecule has 1 unspecified atom stereocenters. The molecule has 0 bridgehead atoms. The molecule has 0 aromatic heterocycles. The lowest BCUT2D eigenvalue weighted by molar-refractivity contribution is 0.147. The summed E-state index contributed by atoms with van der Waals surface area (Å²) in [6, 6.07) is 0.604. The second-order valence-electron chi connectivity index (χ2n) is 6.19. The van der Waals surface area contributed by atoms with E-state index in [4.69, 9.17) is 0 Å². The molecule has 0 saturated carbocycles. The fraction of sp³-hybridized carbons (Fsp3) is 0.933. The monoisotopic (exact) mass is 394 g/mol. The largest absolute Gasteiger partial charge is 0.355 e. The maximum Gasteiger partial charge on any atom is 0.193 e. The summed E-state index contributed by atoms with van der Waals surface area (Å²) in [6.07, 6.45) is 5.32. The summed E-state index contributed by atoms with van der Waals surface area (Å²) < 4.78 is 0. The Balaban J connectivity index is 0.00000200. The SMILES string of the molecule is CN=C(NCC(C)N1CCC(C)CC1)N1CCCC1.I. The Morgan fingerprint density at radius 1 is 1.20 bits per heavy atom. The predicted octanol–water partition coefficient (Wildman–Crippen LogP) is 2.40. The molecule has 2 heterocycles. The topological polar surface area (TPSA) is 30.9 Å². The molecule has 2 rings (SSSR count). The molecule has 118 valence electrons. The summed E-state index contributed by atoms with van der Waals surface area (Å²) in [5, 5.41) is 3.55. The van der Waals surface area contributed by atoms with Crippen LogP contribution in [0.2, 0.25) is 0 Å². The Morgan fingerprint density at radius 3 is 2.35 bits per heavy atom. The zero-order chi connectivity index (χ0) is 13.7. The van der Waals surface area contributed by atoms with Gasteiger partial charge in [-0.15, -0.1) is 24.0 Å². The van der Waals surface area contributed by atoms with Gasteiger partial charge in [0.1, 0.15) is 0 Å². The molecule has 1 N–H and O–H groups in total. The van der Waals surface area contributed by atoms with Crippen LogP contribution in [0.25, 0.3) is 0 Å². The average molecular weight is 394 g/mol. The Labute approximate surface area is 141 Å². The summed E-state index contributed by atoms with van der Waals surface area (Å²) in [5.41, 5.74) is 0. The van der Waals surface area contributed by atoms with E-state index in [1.54, 1.807) is 0 Å². The van der Waals surface area contributed by atoms with Crippen LogP contribution in [0, 0.1) is 5.92 Å². The van der Waals surface area contributed by atoms with Crippen LogP contribution in [-0.2, 0) is 0 Å². The van der Waals surface area contributed by atoms with E-state index in [-0.39, 0.29) is 24.0 Å². The number of likely N-dealkylation sites (tertiary alicyclic amines) is 2. The number of aliphatic imine (C=N–C) groups is 1. The summed E-state index contributed by atoms with van der Waals surface area (Å²) in [7, 11) is 1.90. The van der Waals surface area contributed by atoms with Crippen molar-refractivity contribution in [1.82, 2.24) is 15.1 Å². The van der Waals surface area contributed by atoms with E-state index < -0.39 is 0 Å². The highest BCUT2D eigenvalue weighted by atomic mass is 127. The van der Waals surface area contributed by atoms with Gasteiger partial charge in [-0.05, 0) is 51.6 Å². The molecule has 20 heavy (non-hydrogen) atoms. The van der Waals surface area contributed by atoms with Crippen molar-refractivity contribution in [2.24, 2.45) is 10.9 Å². The van der Waals surface area contributed by atoms with E-state index in [2.05, 4.69) is 34.0 Å². The number of rotatable bonds is 3. The van der Waals surface area contributed by atoms with Crippen LogP contribution in [-0.4, -0.2) is 61.6 Å². The van der Waals surface area contributed by atoms with E-state index in [0.29, 0.717) is 6.04 Å². The molecule has 0 radical (unpaired) electrons. The molecular weight excluding hydrogens is 363 g/mol. The van der Waals surface area contributed by atoms with Gasteiger partial charge in [0, 0.05) is 32.7 Å². The van der Waals surface area contributed by atoms with Gasteiger partial charge in [0.2, 0.25) is 0 Å². The van der Waals surface area contributed by atoms with Crippen molar-refractivity contribution < 1.29 is 0 Å². The van der Waals surface area contributed by atoms with E-state index in [1.807, 2.05) is 7.05 Å². The Kier molecular flexibility index (Phi) is 8.17. The molecule has 2 fully saturated rings. The van der Waals surface area contributed by atoms with Crippen LogP contribution in [0.3, 0.4) is 0 Å². The third kappa shape index (κ3) is 5.06. The van der Waals surface area contributed by atoms with E-state index in [0.717, 1.165) is 31.5 Å². The lowest BCUT2D eigenvalue weighted by Crippen LogP contribution is -2.48. The van der Waals surface area contributed by atoms with Gasteiger partial charge >= 0.3 is 0 Å². The minimum atomic E-state index is 0. The fourth-order valence-corrected chi connectivity index (χ4v) is 3.10. The highest BCUT2D eigenvalue weighted by Crippen LogP contribution is 2.17. The standard InChI is InChI=1S/C15H30N4.HI/c1-13-6-10-18(11-7-13)14(2)12-17-15(16-3)19-8-4-5-9-19;/h13-14H,4-12H2,1-3H3,(H,16,17);1H. The van der Waals surface area contributed by atoms with Crippen molar-refractivity contribution in [3.63, 3.8) is 0 Å². The Hall–Kier alpha value is -0.0400. The summed E-state index contributed by atoms with van der Waals surface area (Å²) in [6.45, 7) is 10.6. The first-order valence-electron chi connectivity index (χ1n) is 7.90. The smallest absolute Gasteiger partial charge is 0.193 e. The minimum Gasteiger partial charge on any atom is -0.355 e. The Morgan fingerprint density at radius 2 is 1.80 bits per heavy atom. The second-order valence-corrected chi connectivity index (χ2v) is 6.19. The second kappa shape index (κ2) is 9.07. The fourth-order valence-electron chi connectivity index (χ4n) is 3.10. The maximum atomic E-state index is 4.41. The highest BCUT2D eigenvalue weighted by molar-refractivity contribution is 14.0. The van der Waals surface area contributed by atoms with Gasteiger partial charge in [0.25, 0.3) is 0 Å². The van der Waals surface area contributed by atoms with E-state index >= 15 is 0 Å².